The van der Waals surface area contributed by atoms with Gasteiger partial charge >= 0.3 is 0 Å². The van der Waals surface area contributed by atoms with Gasteiger partial charge in [-0.1, -0.05) is 23.7 Å². The number of aromatic nitrogens is 1. The van der Waals surface area contributed by atoms with Crippen LogP contribution in [0.15, 0.2) is 36.5 Å². The molecular weight excluding hydrogens is 322 g/mol. The highest BCUT2D eigenvalue weighted by atomic mass is 35.5. The van der Waals surface area contributed by atoms with Crippen LogP contribution in [-0.2, 0) is 6.42 Å². The average Bonchev–Trinajstić information content (AvgIpc) is 2.62. The fraction of sp³-hybridized carbons (Fsp3) is 0.368. The van der Waals surface area contributed by atoms with Gasteiger partial charge in [0.05, 0.1) is 17.7 Å². The Morgan fingerprint density at radius 2 is 2.12 bits per heavy atom. The maximum atomic E-state index is 8.90. The Bertz CT molecular complexity index is 749. The van der Waals surface area contributed by atoms with E-state index in [0.717, 1.165) is 43.9 Å². The molecule has 3 rings (SSSR count). The molecule has 1 aromatic carbocycles. The number of hydrogen-bond acceptors (Lipinski definition) is 4. The molecule has 0 saturated carbocycles. The molecule has 0 spiro atoms. The lowest BCUT2D eigenvalue weighted by Crippen LogP contribution is -2.35. The summed E-state index contributed by atoms with van der Waals surface area (Å²) in [6, 6.07) is 12.1. The van der Waals surface area contributed by atoms with Crippen LogP contribution in [-0.4, -0.2) is 25.2 Å². The first-order valence-electron chi connectivity index (χ1n) is 8.13. The molecule has 0 radical (unpaired) electrons. The highest BCUT2D eigenvalue weighted by Gasteiger charge is 2.22. The van der Waals surface area contributed by atoms with Crippen LogP contribution in [0.2, 0.25) is 5.02 Å². The van der Waals surface area contributed by atoms with Crippen molar-refractivity contribution in [1.82, 2.24) is 4.98 Å². The van der Waals surface area contributed by atoms with E-state index in [1.54, 1.807) is 19.4 Å². The van der Waals surface area contributed by atoms with Crippen molar-refractivity contribution in [1.29, 1.82) is 5.26 Å². The van der Waals surface area contributed by atoms with Gasteiger partial charge in [0.2, 0.25) is 0 Å². The zero-order valence-electron chi connectivity index (χ0n) is 13.7. The lowest BCUT2D eigenvalue weighted by molar-refractivity contribution is 0.398. The van der Waals surface area contributed by atoms with E-state index >= 15 is 0 Å². The van der Waals surface area contributed by atoms with Crippen LogP contribution in [0.1, 0.15) is 24.0 Å². The third kappa shape index (κ3) is 3.80. The molecule has 4 nitrogen and oxygen atoms in total. The highest BCUT2D eigenvalue weighted by Crippen LogP contribution is 2.30. The summed E-state index contributed by atoms with van der Waals surface area (Å²) in [5, 5.41) is 9.46. The molecule has 1 aliphatic rings. The van der Waals surface area contributed by atoms with E-state index in [2.05, 4.69) is 28.1 Å². The van der Waals surface area contributed by atoms with Gasteiger partial charge in [-0.05, 0) is 48.9 Å². The number of nitrogens with zero attached hydrogens (tertiary/aromatic N) is 3. The molecule has 1 aliphatic heterocycles. The highest BCUT2D eigenvalue weighted by molar-refractivity contribution is 6.33. The van der Waals surface area contributed by atoms with Crippen molar-refractivity contribution in [2.45, 2.75) is 19.3 Å². The molecule has 24 heavy (non-hydrogen) atoms. The minimum Gasteiger partial charge on any atom is -0.497 e. The summed E-state index contributed by atoms with van der Waals surface area (Å²) in [4.78, 5) is 6.57. The summed E-state index contributed by atoms with van der Waals surface area (Å²) in [5.41, 5.74) is 1.82. The van der Waals surface area contributed by atoms with Crippen molar-refractivity contribution in [3.8, 4) is 11.8 Å². The lowest BCUT2D eigenvalue weighted by Gasteiger charge is -2.33. The monoisotopic (exact) mass is 341 g/mol. The third-order valence-corrected chi connectivity index (χ3v) is 4.80. The topological polar surface area (TPSA) is 49.1 Å². The summed E-state index contributed by atoms with van der Waals surface area (Å²) in [6.45, 7) is 1.88. The second kappa shape index (κ2) is 7.55. The average molecular weight is 342 g/mol. The molecule has 0 bridgehead atoms. The number of methoxy groups -OCH3 is 1. The Labute approximate surface area is 147 Å². The van der Waals surface area contributed by atoms with E-state index in [-0.39, 0.29) is 0 Å². The molecule has 124 valence electrons. The van der Waals surface area contributed by atoms with Gasteiger partial charge in [-0.25, -0.2) is 4.98 Å². The van der Waals surface area contributed by atoms with Crippen molar-refractivity contribution in [2.75, 3.05) is 25.1 Å². The molecular formula is C19H20ClN3O. The van der Waals surface area contributed by atoms with Gasteiger partial charge in [0.1, 0.15) is 17.6 Å². The maximum absolute atomic E-state index is 8.90. The van der Waals surface area contributed by atoms with E-state index in [9.17, 15) is 0 Å². The van der Waals surface area contributed by atoms with Gasteiger partial charge in [-0.2, -0.15) is 5.26 Å². The predicted octanol–water partition coefficient (Wildman–Crippen LogP) is 4.07. The van der Waals surface area contributed by atoms with Gasteiger partial charge in [-0.3, -0.25) is 0 Å². The Kier molecular flexibility index (Phi) is 5.22. The van der Waals surface area contributed by atoms with Crippen LogP contribution >= 0.6 is 11.6 Å². The van der Waals surface area contributed by atoms with Crippen LogP contribution in [0.5, 0.6) is 5.75 Å². The van der Waals surface area contributed by atoms with E-state index in [0.29, 0.717) is 16.5 Å². The van der Waals surface area contributed by atoms with Crippen LogP contribution in [0.3, 0.4) is 0 Å². The van der Waals surface area contributed by atoms with Crippen LogP contribution in [0.4, 0.5) is 5.82 Å². The molecule has 5 heteroatoms. The summed E-state index contributed by atoms with van der Waals surface area (Å²) < 4.78 is 5.30. The molecule has 1 fully saturated rings. The smallest absolute Gasteiger partial charge is 0.147 e. The number of ether oxygens (including phenoxy) is 1. The van der Waals surface area contributed by atoms with Gasteiger partial charge in [0.25, 0.3) is 0 Å². The standard InChI is InChI=1S/C19H20ClN3O/c1-24-17-4-2-3-15(10-17)9-14-5-7-23(8-6-14)19-18(20)11-16(12-21)13-22-19/h2-4,10-11,13-14H,5-9H2,1H3. The Morgan fingerprint density at radius 1 is 1.33 bits per heavy atom. The largest absolute Gasteiger partial charge is 0.497 e. The molecule has 2 heterocycles. The number of nitriles is 1. The normalized spacial score (nSPS) is 15.1. The third-order valence-electron chi connectivity index (χ3n) is 4.52. The molecule has 2 aromatic rings. The minimum absolute atomic E-state index is 0.497. The van der Waals surface area contributed by atoms with E-state index in [4.69, 9.17) is 21.6 Å². The molecule has 0 N–H and O–H groups in total. The first kappa shape index (κ1) is 16.6. The van der Waals surface area contributed by atoms with Crippen molar-refractivity contribution in [3.63, 3.8) is 0 Å². The molecule has 1 saturated heterocycles. The molecule has 0 amide bonds. The zero-order valence-corrected chi connectivity index (χ0v) is 14.5. The number of piperidine rings is 1. The van der Waals surface area contributed by atoms with Crippen molar-refractivity contribution >= 4 is 17.4 Å². The summed E-state index contributed by atoms with van der Waals surface area (Å²) in [7, 11) is 1.70. The number of halogens is 1. The van der Waals surface area contributed by atoms with Gasteiger partial charge < -0.3 is 9.64 Å². The zero-order chi connectivity index (χ0) is 16.9. The van der Waals surface area contributed by atoms with Crippen LogP contribution in [0, 0.1) is 17.2 Å². The number of hydrogen-bond donors (Lipinski definition) is 0. The minimum atomic E-state index is 0.497. The van der Waals surface area contributed by atoms with Crippen LogP contribution in [0.25, 0.3) is 0 Å². The molecule has 0 unspecified atom stereocenters. The number of benzene rings is 1. The lowest BCUT2D eigenvalue weighted by atomic mass is 9.90. The van der Waals surface area contributed by atoms with Gasteiger partial charge in [-0.15, -0.1) is 0 Å². The van der Waals surface area contributed by atoms with Crippen molar-refractivity contribution < 1.29 is 4.74 Å². The molecule has 1 aromatic heterocycles. The summed E-state index contributed by atoms with van der Waals surface area (Å²) in [5.74, 6) is 2.36. The second-order valence-electron chi connectivity index (χ2n) is 6.13. The maximum Gasteiger partial charge on any atom is 0.147 e. The van der Waals surface area contributed by atoms with Crippen molar-refractivity contribution in [2.24, 2.45) is 5.92 Å². The Balaban J connectivity index is 1.60. The van der Waals surface area contributed by atoms with E-state index < -0.39 is 0 Å². The van der Waals surface area contributed by atoms with Crippen molar-refractivity contribution in [3.05, 3.63) is 52.7 Å². The Morgan fingerprint density at radius 3 is 2.79 bits per heavy atom. The van der Waals surface area contributed by atoms with E-state index in [1.165, 1.54) is 5.56 Å². The first-order chi connectivity index (χ1) is 11.7. The molecule has 0 aliphatic carbocycles. The van der Waals surface area contributed by atoms with Crippen LogP contribution < -0.4 is 9.64 Å². The number of rotatable bonds is 4. The summed E-state index contributed by atoms with van der Waals surface area (Å²) in [6.07, 6.45) is 4.87. The fourth-order valence-electron chi connectivity index (χ4n) is 3.21. The number of anilines is 1. The SMILES string of the molecule is COc1cccc(CC2CCN(c3ncc(C#N)cc3Cl)CC2)c1. The summed E-state index contributed by atoms with van der Waals surface area (Å²) >= 11 is 6.27. The van der Waals surface area contributed by atoms with E-state index in [1.807, 2.05) is 12.1 Å². The fourth-order valence-corrected chi connectivity index (χ4v) is 3.49. The van der Waals surface area contributed by atoms with Gasteiger partial charge in [0, 0.05) is 19.3 Å². The first-order valence-corrected chi connectivity index (χ1v) is 8.51. The van der Waals surface area contributed by atoms with Gasteiger partial charge in [0.15, 0.2) is 0 Å². The predicted molar refractivity (Wildman–Crippen MR) is 95.6 cm³/mol. The molecule has 0 atom stereocenters. The Hall–Kier alpha value is -2.25. The number of pyridine rings is 1. The quantitative estimate of drug-likeness (QED) is 0.841. The second-order valence-corrected chi connectivity index (χ2v) is 6.53.